The topological polar surface area (TPSA) is 32.8 Å². The van der Waals surface area contributed by atoms with Gasteiger partial charge in [-0.2, -0.15) is 0 Å². The molecule has 0 aromatic heterocycles. The minimum Gasteiger partial charge on any atom is -0.497 e. The number of nitrogens with zero attached hydrogens (tertiary/aromatic N) is 2. The molecule has 6 fully saturated rings. The van der Waals surface area contributed by atoms with Crippen molar-refractivity contribution in [3.05, 3.63) is 77.9 Å². The van der Waals surface area contributed by atoms with Crippen molar-refractivity contribution in [3.63, 3.8) is 0 Å². The number of amides is 1. The smallest absolute Gasteiger partial charge is 0.253 e. The zero-order valence-electron chi connectivity index (χ0n) is 22.4. The van der Waals surface area contributed by atoms with Crippen LogP contribution in [0.5, 0.6) is 5.75 Å². The first-order valence-corrected chi connectivity index (χ1v) is 14.6. The molecule has 0 N–H and O–H groups in total. The van der Waals surface area contributed by atoms with Gasteiger partial charge in [0.2, 0.25) is 0 Å². The van der Waals surface area contributed by atoms with Gasteiger partial charge < -0.3 is 9.64 Å². The molecule has 5 atom stereocenters. The molecule has 8 rings (SSSR count). The van der Waals surface area contributed by atoms with E-state index in [1.807, 2.05) is 0 Å². The van der Waals surface area contributed by atoms with Crippen LogP contribution < -0.4 is 4.74 Å². The molecule has 2 aromatic carbocycles. The Balaban J connectivity index is 1.34. The van der Waals surface area contributed by atoms with E-state index in [-0.39, 0.29) is 5.91 Å². The standard InChI is InChI=1S/C33H42N2O2/c1-3-19-35-29-17-15-27-30(35)18-16-28(29)32(27)31(25-9-8-10-26(22-25)37-2)23-11-13-24(14-12-23)33(36)34-20-6-4-5-7-21-34/h3,8-14,22,27-32H,1,4-7,15-21H2,2H3. The van der Waals surface area contributed by atoms with Crippen molar-refractivity contribution in [1.29, 1.82) is 0 Å². The largest absolute Gasteiger partial charge is 0.497 e. The molecule has 196 valence electrons. The van der Waals surface area contributed by atoms with Crippen molar-refractivity contribution in [3.8, 4) is 5.75 Å². The summed E-state index contributed by atoms with van der Waals surface area (Å²) in [5, 5.41) is 0. The van der Waals surface area contributed by atoms with Crippen LogP contribution in [0.2, 0.25) is 0 Å². The fourth-order valence-electron chi connectivity index (χ4n) is 8.50. The van der Waals surface area contributed by atoms with Crippen molar-refractivity contribution in [2.75, 3.05) is 26.7 Å². The number of carbonyl (C=O) groups excluding carboxylic acids is 1. The van der Waals surface area contributed by atoms with Crippen LogP contribution in [0.3, 0.4) is 0 Å². The average Bonchev–Trinajstić information content (AvgIpc) is 3.23. The molecule has 4 heterocycles. The van der Waals surface area contributed by atoms with E-state index >= 15 is 0 Å². The van der Waals surface area contributed by atoms with Crippen LogP contribution in [0.25, 0.3) is 0 Å². The summed E-state index contributed by atoms with van der Waals surface area (Å²) in [5.74, 6) is 3.48. The molecule has 5 unspecified atom stereocenters. The van der Waals surface area contributed by atoms with Gasteiger partial charge in [0.05, 0.1) is 7.11 Å². The number of fused-ring (bicyclic) bond motifs is 2. The van der Waals surface area contributed by atoms with E-state index in [1.54, 1.807) is 7.11 Å². The molecule has 1 amide bonds. The number of likely N-dealkylation sites (tertiary alicyclic amines) is 1. The van der Waals surface area contributed by atoms with Crippen LogP contribution in [0.1, 0.15) is 78.8 Å². The summed E-state index contributed by atoms with van der Waals surface area (Å²) in [4.78, 5) is 18.1. The summed E-state index contributed by atoms with van der Waals surface area (Å²) in [5.41, 5.74) is 3.53. The summed E-state index contributed by atoms with van der Waals surface area (Å²) >= 11 is 0. The SMILES string of the molecule is C=CCN1C2CCC3C(C(c4ccc(C(=O)N5CCCCCC5)cc4)c4cccc(OC)c4)C2CCC31. The maximum Gasteiger partial charge on any atom is 0.253 e. The maximum absolute atomic E-state index is 13.3. The first-order chi connectivity index (χ1) is 18.2. The normalized spacial score (nSPS) is 30.1. The van der Waals surface area contributed by atoms with E-state index in [0.29, 0.717) is 35.8 Å². The van der Waals surface area contributed by atoms with Gasteiger partial charge in [0.25, 0.3) is 5.91 Å². The lowest BCUT2D eigenvalue weighted by atomic mass is 9.51. The van der Waals surface area contributed by atoms with Gasteiger partial charge in [0, 0.05) is 43.2 Å². The molecule has 4 aliphatic heterocycles. The Bertz CT molecular complexity index is 1080. The lowest BCUT2D eigenvalue weighted by Gasteiger charge is -2.64. The lowest BCUT2D eigenvalue weighted by molar-refractivity contribution is -0.134. The fraction of sp³-hybridized carbons (Fsp3) is 0.545. The number of piperidine rings is 3. The van der Waals surface area contributed by atoms with E-state index in [4.69, 9.17) is 4.74 Å². The van der Waals surface area contributed by atoms with Gasteiger partial charge in [0.1, 0.15) is 5.75 Å². The van der Waals surface area contributed by atoms with Crippen molar-refractivity contribution in [1.82, 2.24) is 9.80 Å². The third-order valence-electron chi connectivity index (χ3n) is 10.0. The highest BCUT2D eigenvalue weighted by molar-refractivity contribution is 5.94. The minimum absolute atomic E-state index is 0.197. The van der Waals surface area contributed by atoms with Gasteiger partial charge >= 0.3 is 0 Å². The van der Waals surface area contributed by atoms with Crippen LogP contribution in [0.15, 0.2) is 61.2 Å². The zero-order chi connectivity index (χ0) is 25.4. The molecule has 37 heavy (non-hydrogen) atoms. The van der Waals surface area contributed by atoms with Crippen LogP contribution in [-0.2, 0) is 0 Å². The molecule has 4 nitrogen and oxygen atoms in total. The van der Waals surface area contributed by atoms with Crippen LogP contribution in [0.4, 0.5) is 0 Å². The second-order valence-electron chi connectivity index (χ2n) is 11.8. The summed E-state index contributed by atoms with van der Waals surface area (Å²) in [6.45, 7) is 6.87. The second kappa shape index (κ2) is 10.6. The number of carbonyl (C=O) groups is 1. The number of benzene rings is 2. The first kappa shape index (κ1) is 24.7. The molecule has 6 aliphatic rings. The Morgan fingerprint density at radius 2 is 1.62 bits per heavy atom. The van der Waals surface area contributed by atoms with Gasteiger partial charge in [-0.3, -0.25) is 9.69 Å². The van der Waals surface area contributed by atoms with Crippen molar-refractivity contribution < 1.29 is 9.53 Å². The van der Waals surface area contributed by atoms with Gasteiger partial charge in [-0.1, -0.05) is 43.2 Å². The van der Waals surface area contributed by atoms with Gasteiger partial charge in [-0.15, -0.1) is 6.58 Å². The number of ether oxygens (including phenoxy) is 1. The summed E-state index contributed by atoms with van der Waals surface area (Å²) in [7, 11) is 1.76. The van der Waals surface area contributed by atoms with Crippen molar-refractivity contribution >= 4 is 5.91 Å². The molecule has 4 bridgehead atoms. The fourth-order valence-corrected chi connectivity index (χ4v) is 8.50. The summed E-state index contributed by atoms with van der Waals surface area (Å²) in [6, 6.07) is 18.8. The van der Waals surface area contributed by atoms with E-state index in [0.717, 1.165) is 43.8 Å². The highest BCUT2D eigenvalue weighted by Gasteiger charge is 2.57. The quantitative estimate of drug-likeness (QED) is 0.408. The Morgan fingerprint density at radius 3 is 2.24 bits per heavy atom. The molecule has 0 spiro atoms. The molecular weight excluding hydrogens is 456 g/mol. The van der Waals surface area contributed by atoms with Gasteiger partial charge in [0.15, 0.2) is 0 Å². The van der Waals surface area contributed by atoms with Crippen LogP contribution in [-0.4, -0.2) is 54.5 Å². The Morgan fingerprint density at radius 1 is 0.946 bits per heavy atom. The van der Waals surface area contributed by atoms with E-state index in [1.165, 1.54) is 49.7 Å². The molecular formula is C33H42N2O2. The Hall–Kier alpha value is -2.59. The predicted octanol–water partition coefficient (Wildman–Crippen LogP) is 6.52. The van der Waals surface area contributed by atoms with E-state index in [2.05, 4.69) is 71.0 Å². The molecule has 0 radical (unpaired) electrons. The van der Waals surface area contributed by atoms with Crippen LogP contribution >= 0.6 is 0 Å². The number of rotatable bonds is 7. The molecule has 2 aliphatic carbocycles. The number of methoxy groups -OCH3 is 1. The molecule has 4 saturated heterocycles. The lowest BCUT2D eigenvalue weighted by Crippen LogP contribution is -2.67. The molecule has 2 aromatic rings. The minimum atomic E-state index is 0.197. The van der Waals surface area contributed by atoms with Gasteiger partial charge in [-0.05, 0) is 91.7 Å². The van der Waals surface area contributed by atoms with Crippen molar-refractivity contribution in [2.45, 2.75) is 69.4 Å². The van der Waals surface area contributed by atoms with E-state index < -0.39 is 0 Å². The third kappa shape index (κ3) is 4.52. The van der Waals surface area contributed by atoms with Crippen molar-refractivity contribution in [2.24, 2.45) is 17.8 Å². The summed E-state index contributed by atoms with van der Waals surface area (Å²) < 4.78 is 5.66. The molecule has 2 saturated carbocycles. The maximum atomic E-state index is 13.3. The monoisotopic (exact) mass is 498 g/mol. The Kier molecular flexibility index (Phi) is 7.12. The zero-order valence-corrected chi connectivity index (χ0v) is 22.4. The number of hydrogen-bond acceptors (Lipinski definition) is 3. The Labute approximate surface area is 222 Å². The highest BCUT2D eigenvalue weighted by atomic mass is 16.5. The second-order valence-corrected chi connectivity index (χ2v) is 11.8. The number of hydrogen-bond donors (Lipinski definition) is 0. The first-order valence-electron chi connectivity index (χ1n) is 14.6. The summed E-state index contributed by atoms with van der Waals surface area (Å²) in [6.07, 6.45) is 12.1. The average molecular weight is 499 g/mol. The third-order valence-corrected chi connectivity index (χ3v) is 10.0. The highest BCUT2D eigenvalue weighted by Crippen LogP contribution is 2.59. The predicted molar refractivity (Wildman–Crippen MR) is 149 cm³/mol. The molecule has 4 heteroatoms. The van der Waals surface area contributed by atoms with Crippen LogP contribution in [0, 0.1) is 17.8 Å². The van der Waals surface area contributed by atoms with E-state index in [9.17, 15) is 4.79 Å². The van der Waals surface area contributed by atoms with Gasteiger partial charge in [-0.25, -0.2) is 0 Å².